The standard InChI is InChI=1S/C14H25N5OS/c1-8(2)9(3)18(4)13(20)11-12(16)17-14(21-11)19-6-5-10(15)7-19/h8-10H,5-7,15-16H2,1-4H3. The second kappa shape index (κ2) is 6.19. The molecule has 0 aromatic carbocycles. The number of nitrogens with two attached hydrogens (primary N) is 2. The van der Waals surface area contributed by atoms with E-state index in [1.165, 1.54) is 11.3 Å². The Morgan fingerprint density at radius 2 is 2.14 bits per heavy atom. The lowest BCUT2D eigenvalue weighted by Gasteiger charge is -2.27. The number of carbonyl (C=O) groups is 1. The molecule has 1 aromatic heterocycles. The summed E-state index contributed by atoms with van der Waals surface area (Å²) in [4.78, 5) is 21.3. The zero-order chi connectivity index (χ0) is 15.7. The topological polar surface area (TPSA) is 88.5 Å². The minimum Gasteiger partial charge on any atom is -0.382 e. The van der Waals surface area contributed by atoms with Crippen LogP contribution in [0.3, 0.4) is 0 Å². The van der Waals surface area contributed by atoms with Gasteiger partial charge >= 0.3 is 0 Å². The van der Waals surface area contributed by atoms with Crippen LogP contribution in [-0.4, -0.2) is 48.0 Å². The molecule has 0 saturated carbocycles. The first kappa shape index (κ1) is 16.0. The lowest BCUT2D eigenvalue weighted by atomic mass is 10.1. The molecule has 2 rings (SSSR count). The minimum absolute atomic E-state index is 0.0547. The maximum atomic E-state index is 12.6. The van der Waals surface area contributed by atoms with Crippen molar-refractivity contribution in [2.24, 2.45) is 11.7 Å². The summed E-state index contributed by atoms with van der Waals surface area (Å²) in [5.74, 6) is 0.661. The Bertz CT molecular complexity index is 515. The lowest BCUT2D eigenvalue weighted by Crippen LogP contribution is -2.38. The highest BCUT2D eigenvalue weighted by Gasteiger charge is 2.28. The van der Waals surface area contributed by atoms with E-state index in [-0.39, 0.29) is 18.0 Å². The van der Waals surface area contributed by atoms with Crippen molar-refractivity contribution in [2.45, 2.75) is 39.3 Å². The average Bonchev–Trinajstić information content (AvgIpc) is 3.02. The molecule has 2 unspecified atom stereocenters. The maximum absolute atomic E-state index is 12.6. The quantitative estimate of drug-likeness (QED) is 0.877. The Morgan fingerprint density at radius 1 is 1.48 bits per heavy atom. The lowest BCUT2D eigenvalue weighted by molar-refractivity contribution is 0.0713. The number of thiazole rings is 1. The van der Waals surface area contributed by atoms with Gasteiger partial charge in [-0.2, -0.15) is 0 Å². The Hall–Kier alpha value is -1.34. The molecular formula is C14H25N5OS. The first-order valence-corrected chi connectivity index (χ1v) is 8.17. The summed E-state index contributed by atoms with van der Waals surface area (Å²) in [6.07, 6.45) is 0.951. The van der Waals surface area contributed by atoms with Crippen LogP contribution >= 0.6 is 11.3 Å². The van der Waals surface area contributed by atoms with Crippen molar-refractivity contribution in [3.63, 3.8) is 0 Å². The Balaban J connectivity index is 2.17. The zero-order valence-corrected chi connectivity index (χ0v) is 14.0. The summed E-state index contributed by atoms with van der Waals surface area (Å²) < 4.78 is 0. The molecule has 2 atom stereocenters. The Kier molecular flexibility index (Phi) is 4.73. The third-order valence-corrected chi connectivity index (χ3v) is 5.35. The van der Waals surface area contributed by atoms with Crippen molar-refractivity contribution >= 4 is 28.2 Å². The summed E-state index contributed by atoms with van der Waals surface area (Å²) in [5.41, 5.74) is 11.9. The molecule has 2 heterocycles. The van der Waals surface area contributed by atoms with Gasteiger partial charge in [0.15, 0.2) is 5.13 Å². The first-order chi connectivity index (χ1) is 9.81. The van der Waals surface area contributed by atoms with Crippen LogP contribution in [0.15, 0.2) is 0 Å². The molecule has 0 radical (unpaired) electrons. The van der Waals surface area contributed by atoms with Crippen molar-refractivity contribution < 1.29 is 4.79 Å². The molecule has 1 fully saturated rings. The van der Waals surface area contributed by atoms with Crippen LogP contribution in [0.25, 0.3) is 0 Å². The summed E-state index contributed by atoms with van der Waals surface area (Å²) in [7, 11) is 1.82. The summed E-state index contributed by atoms with van der Waals surface area (Å²) in [6.45, 7) is 7.89. The van der Waals surface area contributed by atoms with E-state index in [2.05, 4.69) is 23.7 Å². The molecule has 0 aliphatic carbocycles. The van der Waals surface area contributed by atoms with Gasteiger partial charge in [-0.15, -0.1) is 0 Å². The van der Waals surface area contributed by atoms with Gasteiger partial charge in [-0.05, 0) is 19.3 Å². The van der Waals surface area contributed by atoms with E-state index in [0.717, 1.165) is 24.6 Å². The van der Waals surface area contributed by atoms with Crippen molar-refractivity contribution in [1.29, 1.82) is 0 Å². The van der Waals surface area contributed by atoms with Crippen LogP contribution in [0.5, 0.6) is 0 Å². The third-order valence-electron chi connectivity index (χ3n) is 4.23. The molecule has 1 aliphatic rings. The number of carbonyl (C=O) groups excluding carboxylic acids is 1. The van der Waals surface area contributed by atoms with Gasteiger partial charge in [-0.1, -0.05) is 25.2 Å². The van der Waals surface area contributed by atoms with Gasteiger partial charge < -0.3 is 21.3 Å². The van der Waals surface area contributed by atoms with E-state index in [0.29, 0.717) is 16.6 Å². The maximum Gasteiger partial charge on any atom is 0.267 e. The number of nitrogen functional groups attached to an aromatic ring is 1. The van der Waals surface area contributed by atoms with Crippen molar-refractivity contribution in [3.05, 3.63) is 4.88 Å². The minimum atomic E-state index is -0.0547. The monoisotopic (exact) mass is 311 g/mol. The van der Waals surface area contributed by atoms with Crippen LogP contribution in [0.4, 0.5) is 10.9 Å². The van der Waals surface area contributed by atoms with Gasteiger partial charge in [0.05, 0.1) is 0 Å². The number of anilines is 2. The van der Waals surface area contributed by atoms with E-state index >= 15 is 0 Å². The van der Waals surface area contributed by atoms with Crippen molar-refractivity contribution in [1.82, 2.24) is 9.88 Å². The van der Waals surface area contributed by atoms with E-state index in [4.69, 9.17) is 11.5 Å². The van der Waals surface area contributed by atoms with Crippen molar-refractivity contribution in [2.75, 3.05) is 30.8 Å². The van der Waals surface area contributed by atoms with Crippen LogP contribution in [0, 0.1) is 5.92 Å². The first-order valence-electron chi connectivity index (χ1n) is 7.35. The number of amides is 1. The van der Waals surface area contributed by atoms with Gasteiger partial charge in [0.25, 0.3) is 5.91 Å². The molecule has 0 spiro atoms. The van der Waals surface area contributed by atoms with E-state index < -0.39 is 0 Å². The highest BCUT2D eigenvalue weighted by Crippen LogP contribution is 2.31. The second-order valence-electron chi connectivity index (χ2n) is 6.11. The smallest absolute Gasteiger partial charge is 0.267 e. The van der Waals surface area contributed by atoms with Gasteiger partial charge in [-0.3, -0.25) is 4.79 Å². The zero-order valence-electron chi connectivity index (χ0n) is 13.2. The number of hydrogen-bond donors (Lipinski definition) is 2. The molecule has 21 heavy (non-hydrogen) atoms. The number of hydrogen-bond acceptors (Lipinski definition) is 6. The molecule has 118 valence electrons. The van der Waals surface area contributed by atoms with Gasteiger partial charge in [0.2, 0.25) is 0 Å². The number of aromatic nitrogens is 1. The van der Waals surface area contributed by atoms with Crippen LogP contribution < -0.4 is 16.4 Å². The Labute approximate surface area is 130 Å². The number of nitrogens with zero attached hydrogens (tertiary/aromatic N) is 3. The fourth-order valence-electron chi connectivity index (χ4n) is 2.36. The largest absolute Gasteiger partial charge is 0.382 e. The molecule has 1 aliphatic heterocycles. The van der Waals surface area contributed by atoms with Gasteiger partial charge in [0.1, 0.15) is 10.7 Å². The molecular weight excluding hydrogens is 286 g/mol. The fourth-order valence-corrected chi connectivity index (χ4v) is 3.37. The number of rotatable bonds is 4. The van der Waals surface area contributed by atoms with E-state index in [9.17, 15) is 4.79 Å². The van der Waals surface area contributed by atoms with Crippen LogP contribution in [-0.2, 0) is 0 Å². The third kappa shape index (κ3) is 3.29. The highest BCUT2D eigenvalue weighted by molar-refractivity contribution is 7.18. The molecule has 6 nitrogen and oxygen atoms in total. The Morgan fingerprint density at radius 3 is 2.67 bits per heavy atom. The van der Waals surface area contributed by atoms with Crippen LogP contribution in [0.2, 0.25) is 0 Å². The normalized spacial score (nSPS) is 20.1. The van der Waals surface area contributed by atoms with E-state index in [1.807, 2.05) is 14.0 Å². The summed E-state index contributed by atoms with van der Waals surface area (Å²) in [5, 5.41) is 0.800. The van der Waals surface area contributed by atoms with Gasteiger partial charge in [0, 0.05) is 32.2 Å². The SMILES string of the molecule is CC(C)C(C)N(C)C(=O)c1sc(N2CCC(N)C2)nc1N. The molecule has 7 heteroatoms. The van der Waals surface area contributed by atoms with Gasteiger partial charge in [-0.25, -0.2) is 4.98 Å². The highest BCUT2D eigenvalue weighted by atomic mass is 32.1. The molecule has 1 saturated heterocycles. The predicted molar refractivity (Wildman–Crippen MR) is 87.7 cm³/mol. The molecule has 1 amide bonds. The molecule has 0 bridgehead atoms. The average molecular weight is 311 g/mol. The fraction of sp³-hybridized carbons (Fsp3) is 0.714. The predicted octanol–water partition coefficient (Wildman–Crippen LogP) is 1.38. The van der Waals surface area contributed by atoms with Crippen LogP contribution in [0.1, 0.15) is 36.9 Å². The molecule has 1 aromatic rings. The molecule has 4 N–H and O–H groups in total. The van der Waals surface area contributed by atoms with Crippen molar-refractivity contribution in [3.8, 4) is 0 Å². The summed E-state index contributed by atoms with van der Waals surface area (Å²) in [6, 6.07) is 0.334. The van der Waals surface area contributed by atoms with E-state index in [1.54, 1.807) is 4.90 Å². The second-order valence-corrected chi connectivity index (χ2v) is 7.08. The summed E-state index contributed by atoms with van der Waals surface area (Å²) >= 11 is 1.37.